The summed E-state index contributed by atoms with van der Waals surface area (Å²) in [5.74, 6) is -10.0. The lowest BCUT2D eigenvalue weighted by molar-refractivity contribution is -0.198. The Morgan fingerprint density at radius 2 is 1.71 bits per heavy atom. The number of nitrogens with zero attached hydrogens (tertiary/aromatic N) is 1. The molecule has 0 bridgehead atoms. The summed E-state index contributed by atoms with van der Waals surface area (Å²) in [6.45, 7) is -0.122. The van der Waals surface area contributed by atoms with Crippen molar-refractivity contribution in [2.75, 3.05) is 14.1 Å². The zero-order valence-corrected chi connectivity index (χ0v) is 22.3. The molecule has 7 atom stereocenters. The minimum Gasteiger partial charge on any atom is -0.507 e. The van der Waals surface area contributed by atoms with E-state index in [9.17, 15) is 44.7 Å². The molecular weight excluding hydrogens is 534 g/mol. The number of Topliss-reactive ketones (excluding diaryl/α,β-unsaturated/α-hetero) is 2. The highest BCUT2D eigenvalue weighted by molar-refractivity contribution is 6.25. The Labute approximate surface area is 234 Å². The number of phenolic OH excluding ortho intramolecular Hbond substituents is 1. The molecule has 3 aliphatic carbocycles. The Hall–Kier alpha value is -4.10. The van der Waals surface area contributed by atoms with Gasteiger partial charge in [-0.25, -0.2) is 0 Å². The molecule has 0 spiro atoms. The zero-order chi connectivity index (χ0) is 30.0. The van der Waals surface area contributed by atoms with Crippen LogP contribution in [0.2, 0.25) is 0 Å². The van der Waals surface area contributed by atoms with Gasteiger partial charge in [-0.05, 0) is 38.2 Å². The summed E-state index contributed by atoms with van der Waals surface area (Å²) in [7, 11) is 2.99. The van der Waals surface area contributed by atoms with Crippen LogP contribution in [0.4, 0.5) is 0 Å². The quantitative estimate of drug-likeness (QED) is 0.221. The van der Waals surface area contributed by atoms with E-state index in [1.165, 1.54) is 19.0 Å². The van der Waals surface area contributed by atoms with Crippen LogP contribution in [0.15, 0.2) is 48.0 Å². The number of aliphatic hydroxyl groups is 4. The number of aromatic hydroxyl groups is 1. The number of hydrogen-bond acceptors (Lipinski definition) is 10. The van der Waals surface area contributed by atoms with E-state index < -0.39 is 82.1 Å². The van der Waals surface area contributed by atoms with E-state index in [4.69, 9.17) is 5.73 Å². The lowest BCUT2D eigenvalue weighted by Gasteiger charge is -2.55. The molecule has 2 aromatic rings. The third-order valence-electron chi connectivity index (χ3n) is 8.60. The molecule has 12 nitrogen and oxygen atoms in total. The van der Waals surface area contributed by atoms with E-state index in [1.807, 2.05) is 0 Å². The molecule has 12 heteroatoms. The van der Waals surface area contributed by atoms with Gasteiger partial charge in [0.15, 0.2) is 11.4 Å². The maximum absolute atomic E-state index is 13.9. The number of primary amides is 1. The van der Waals surface area contributed by atoms with Gasteiger partial charge in [-0.15, -0.1) is 0 Å². The second-order valence-corrected chi connectivity index (χ2v) is 11.0. The molecule has 8 N–H and O–H groups in total. The van der Waals surface area contributed by atoms with Crippen LogP contribution in [0.25, 0.3) is 5.76 Å². The van der Waals surface area contributed by atoms with Crippen molar-refractivity contribution in [1.29, 1.82) is 0 Å². The number of likely N-dealkylation sites (N-methyl/N-ethyl adjacent to an activating group) is 1. The first-order valence-corrected chi connectivity index (χ1v) is 13.1. The Balaban J connectivity index is 1.56. The van der Waals surface area contributed by atoms with Gasteiger partial charge in [-0.3, -0.25) is 19.2 Å². The summed E-state index contributed by atoms with van der Waals surface area (Å²) >= 11 is 0. The number of nitrogens with two attached hydrogens (primary N) is 1. The highest BCUT2D eigenvalue weighted by Crippen LogP contribution is 2.52. The molecule has 5 rings (SSSR count). The van der Waals surface area contributed by atoms with Gasteiger partial charge in [-0.1, -0.05) is 30.3 Å². The van der Waals surface area contributed by atoms with Crippen molar-refractivity contribution in [3.05, 3.63) is 70.3 Å². The van der Waals surface area contributed by atoms with Crippen LogP contribution >= 0.6 is 0 Å². The van der Waals surface area contributed by atoms with Crippen molar-refractivity contribution < 1.29 is 44.7 Å². The largest absolute Gasteiger partial charge is 0.507 e. The Morgan fingerprint density at radius 3 is 2.32 bits per heavy atom. The van der Waals surface area contributed by atoms with E-state index in [2.05, 4.69) is 5.32 Å². The monoisotopic (exact) mass is 565 g/mol. The number of phenols is 1. The van der Waals surface area contributed by atoms with Crippen LogP contribution in [0.5, 0.6) is 5.75 Å². The van der Waals surface area contributed by atoms with Crippen molar-refractivity contribution >= 4 is 29.1 Å². The van der Waals surface area contributed by atoms with Gasteiger partial charge in [0, 0.05) is 41.1 Å². The van der Waals surface area contributed by atoms with Gasteiger partial charge in [0.1, 0.15) is 17.4 Å². The molecule has 0 heterocycles. The van der Waals surface area contributed by atoms with Crippen LogP contribution in [0.1, 0.15) is 27.0 Å². The Morgan fingerprint density at radius 1 is 1.05 bits per heavy atom. The lowest BCUT2D eigenvalue weighted by Crippen LogP contribution is -2.76. The third kappa shape index (κ3) is 4.13. The highest BCUT2D eigenvalue weighted by Gasteiger charge is 2.70. The number of amides is 2. The van der Waals surface area contributed by atoms with Gasteiger partial charge >= 0.3 is 0 Å². The van der Waals surface area contributed by atoms with Crippen molar-refractivity contribution in [2.24, 2.45) is 23.5 Å². The summed E-state index contributed by atoms with van der Waals surface area (Å²) in [4.78, 5) is 53.4. The van der Waals surface area contributed by atoms with Crippen LogP contribution in [-0.2, 0) is 27.3 Å². The molecule has 2 saturated carbocycles. The lowest BCUT2D eigenvalue weighted by atomic mass is 9.53. The normalized spacial score (nSPS) is 30.9. The predicted molar refractivity (Wildman–Crippen MR) is 143 cm³/mol. The maximum Gasteiger partial charge on any atom is 0.251 e. The van der Waals surface area contributed by atoms with Gasteiger partial charge in [0.2, 0.25) is 11.7 Å². The van der Waals surface area contributed by atoms with E-state index in [0.29, 0.717) is 11.1 Å². The molecule has 41 heavy (non-hydrogen) atoms. The number of benzene rings is 2. The standard InChI is InChI=1S/C29H31N3O9/c1-32(2)20-19-22(34)15-10-13-8-9-14(11-31-28(40)12-6-4-3-5-7-12)21(33)16(13)23(35)17(15)25(37)29(19,41)26(38)18(24(20)36)27(30)39/h3-9,15,18-20,22,24,33-36,41H,10-11H2,1-2H3,(H2,30,39)(H,31,40)/t15-,18?,19-,20+,22+,24?,29+/m0/s1. The van der Waals surface area contributed by atoms with Gasteiger partial charge in [0.05, 0.1) is 17.8 Å². The van der Waals surface area contributed by atoms with E-state index in [0.717, 1.165) is 0 Å². The first-order chi connectivity index (χ1) is 19.3. The third-order valence-corrected chi connectivity index (χ3v) is 8.60. The fourth-order valence-electron chi connectivity index (χ4n) is 6.64. The Kier molecular flexibility index (Phi) is 6.98. The molecule has 0 aromatic heterocycles. The number of carbonyl (C=O) groups is 4. The summed E-state index contributed by atoms with van der Waals surface area (Å²) in [6.07, 6.45) is -3.38. The second kappa shape index (κ2) is 10.1. The first kappa shape index (κ1) is 28.4. The van der Waals surface area contributed by atoms with Crippen LogP contribution in [0, 0.1) is 17.8 Å². The molecule has 0 radical (unpaired) electrons. The number of nitrogens with one attached hydrogen (secondary N) is 1. The fourth-order valence-corrected chi connectivity index (χ4v) is 6.64. The topological polar surface area (TPSA) is 211 Å². The molecule has 216 valence electrons. The first-order valence-electron chi connectivity index (χ1n) is 13.1. The number of rotatable bonds is 5. The molecular formula is C29H31N3O9. The molecule has 2 fully saturated rings. The molecule has 0 aliphatic heterocycles. The summed E-state index contributed by atoms with van der Waals surface area (Å²) < 4.78 is 0. The number of carbonyl (C=O) groups excluding carboxylic acids is 4. The molecule has 0 saturated heterocycles. The number of fused-ring (bicyclic) bond motifs is 3. The average molecular weight is 566 g/mol. The number of ketones is 2. The molecule has 2 aromatic carbocycles. The predicted octanol–water partition coefficient (Wildman–Crippen LogP) is -0.970. The van der Waals surface area contributed by atoms with E-state index in [-0.39, 0.29) is 24.1 Å². The van der Waals surface area contributed by atoms with Crippen molar-refractivity contribution in [3.8, 4) is 5.75 Å². The summed E-state index contributed by atoms with van der Waals surface area (Å²) in [5.41, 5.74) is 2.77. The SMILES string of the molecule is CN(C)[C@H]1C(O)C(C(N)=O)C(=O)[C@]2(O)C(=O)C3=C(O)c4c(ccc(CNC(=O)c5ccccc5)c4O)C[C@@H]3[C@@H](O)[C@H]12. The number of hydrogen-bond donors (Lipinski definition) is 7. The van der Waals surface area contributed by atoms with Gasteiger partial charge in [-0.2, -0.15) is 0 Å². The van der Waals surface area contributed by atoms with E-state index >= 15 is 0 Å². The van der Waals surface area contributed by atoms with Crippen LogP contribution in [0.3, 0.4) is 0 Å². The summed E-state index contributed by atoms with van der Waals surface area (Å²) in [5, 5.41) is 59.2. The zero-order valence-electron chi connectivity index (χ0n) is 22.3. The van der Waals surface area contributed by atoms with Crippen molar-refractivity contribution in [1.82, 2.24) is 10.2 Å². The minimum absolute atomic E-state index is 0.0535. The van der Waals surface area contributed by atoms with Crippen molar-refractivity contribution in [3.63, 3.8) is 0 Å². The highest BCUT2D eigenvalue weighted by atomic mass is 16.3. The van der Waals surface area contributed by atoms with Crippen LogP contribution in [-0.4, -0.2) is 91.8 Å². The molecule has 2 unspecified atom stereocenters. The average Bonchev–Trinajstić information content (AvgIpc) is 2.92. The minimum atomic E-state index is -2.98. The van der Waals surface area contributed by atoms with Gasteiger partial charge in [0.25, 0.3) is 5.91 Å². The maximum atomic E-state index is 13.9. The Bertz CT molecular complexity index is 1490. The fraction of sp³-hybridized carbons (Fsp3) is 0.379. The van der Waals surface area contributed by atoms with Gasteiger partial charge < -0.3 is 41.5 Å². The van der Waals surface area contributed by atoms with Crippen LogP contribution < -0.4 is 11.1 Å². The molecule has 2 amide bonds. The molecule has 3 aliphatic rings. The number of aliphatic hydroxyl groups excluding tert-OH is 3. The summed E-state index contributed by atoms with van der Waals surface area (Å²) in [6, 6.07) is 10.3. The van der Waals surface area contributed by atoms with E-state index in [1.54, 1.807) is 42.5 Å². The van der Waals surface area contributed by atoms with Crippen molar-refractivity contribution in [2.45, 2.75) is 36.8 Å². The smallest absolute Gasteiger partial charge is 0.251 e. The second-order valence-electron chi connectivity index (χ2n) is 11.0.